The Labute approximate surface area is 328 Å². The van der Waals surface area contributed by atoms with Gasteiger partial charge in [0.15, 0.2) is 23.0 Å². The van der Waals surface area contributed by atoms with Crippen molar-refractivity contribution in [1.82, 2.24) is 0 Å². The Morgan fingerprint density at radius 3 is 1.16 bits per heavy atom. The van der Waals surface area contributed by atoms with Crippen LogP contribution in [0.1, 0.15) is 89.5 Å². The number of fused-ring (bicyclic) bond motifs is 4. The van der Waals surface area contributed by atoms with Crippen LogP contribution in [0.2, 0.25) is 0 Å². The Hall–Kier alpha value is -5.62. The molecule has 0 aromatic heterocycles. The van der Waals surface area contributed by atoms with Crippen molar-refractivity contribution in [1.29, 1.82) is 0 Å². The van der Waals surface area contributed by atoms with Crippen molar-refractivity contribution in [2.45, 2.75) is 78.1 Å². The van der Waals surface area contributed by atoms with Gasteiger partial charge < -0.3 is 10.2 Å². The summed E-state index contributed by atoms with van der Waals surface area (Å²) in [7, 11) is 0. The van der Waals surface area contributed by atoms with Gasteiger partial charge in [-0.25, -0.2) is 0 Å². The molecule has 2 aliphatic heterocycles. The normalized spacial score (nSPS) is 21.0. The third kappa shape index (κ3) is 4.80. The van der Waals surface area contributed by atoms with Crippen LogP contribution in [0, 0.1) is 11.8 Å². The van der Waals surface area contributed by atoms with Crippen LogP contribution in [0.4, 0.5) is 11.4 Å². The van der Waals surface area contributed by atoms with Crippen molar-refractivity contribution < 1.29 is 29.0 Å². The zero-order valence-electron chi connectivity index (χ0n) is 33.2. The van der Waals surface area contributed by atoms with Gasteiger partial charge in [-0.05, 0) is 49.2 Å². The highest BCUT2D eigenvalue weighted by Crippen LogP contribution is 2.53. The van der Waals surface area contributed by atoms with Gasteiger partial charge in [-0.1, -0.05) is 123 Å². The van der Waals surface area contributed by atoms with Crippen molar-refractivity contribution in [2.75, 3.05) is 13.1 Å². The van der Waals surface area contributed by atoms with E-state index in [2.05, 4.69) is 75.0 Å². The molecular weight excluding hydrogens is 693 g/mol. The minimum atomic E-state index is -0.877. The van der Waals surface area contributed by atoms with Crippen LogP contribution in [0.3, 0.4) is 0 Å². The average Bonchev–Trinajstić information content (AvgIpc) is 3.55. The van der Waals surface area contributed by atoms with Crippen molar-refractivity contribution in [2.24, 2.45) is 11.8 Å². The number of unbranched alkanes of at least 4 members (excludes halogenated alkanes) is 2. The number of rotatable bonds is 10. The Kier molecular flexibility index (Phi) is 8.35. The number of nitrogens with zero attached hydrogens (tertiary/aromatic N) is 2. The molecule has 6 heteroatoms. The lowest BCUT2D eigenvalue weighted by atomic mass is 9.65. The fourth-order valence-electron chi connectivity index (χ4n) is 10.4. The molecule has 5 aromatic rings. The largest absolute Gasteiger partial charge is 0.874 e. The van der Waals surface area contributed by atoms with Crippen LogP contribution in [0.5, 0.6) is 0 Å². The molecule has 0 amide bonds. The number of carbonyl (C=O) groups is 2. The van der Waals surface area contributed by atoms with E-state index in [0.29, 0.717) is 32.7 Å². The molecule has 2 atom stereocenters. The number of carbonyl (C=O) groups excluding carboxylic acids is 2. The van der Waals surface area contributed by atoms with Crippen molar-refractivity contribution in [3.8, 4) is 0 Å². The summed E-state index contributed by atoms with van der Waals surface area (Å²) in [6, 6.07) is 31.7. The third-order valence-electron chi connectivity index (χ3n) is 13.1. The summed E-state index contributed by atoms with van der Waals surface area (Å²) >= 11 is 0. The molecule has 0 fully saturated rings. The topological polar surface area (TPSA) is 86.3 Å². The molecule has 0 bridgehead atoms. The lowest BCUT2D eigenvalue weighted by Gasteiger charge is -2.40. The van der Waals surface area contributed by atoms with Gasteiger partial charge >= 0.3 is 0 Å². The third-order valence-corrected chi connectivity index (χ3v) is 13.1. The summed E-state index contributed by atoms with van der Waals surface area (Å²) in [6.07, 6.45) is 3.86. The van der Waals surface area contributed by atoms with Crippen LogP contribution in [-0.4, -0.2) is 45.2 Å². The molecule has 9 rings (SSSR count). The standard InChI is InChI=1S/C50H48N2O4/c1-7-9-27-51-35-25-17-15-23-33(35)49(3,4)47(51)41-43(53)39(44(41)54)37-29-19-11-13-21-31(29)38(32-22-14-12-20-30(32)37)40-45(55)42(46(40)56)48-50(5,6)34-24-16-18-26-36(34)52(48)28-10-8-2/h11-26,41-42H,7-10,27-28H2,1-6H3. The molecule has 282 valence electrons. The Bertz CT molecular complexity index is 2450. The maximum absolute atomic E-state index is 14.7. The fraction of sp³-hybridized carbons (Fsp3) is 0.320. The molecule has 56 heavy (non-hydrogen) atoms. The van der Waals surface area contributed by atoms with E-state index in [1.807, 2.05) is 72.8 Å². The van der Waals surface area contributed by atoms with Gasteiger partial charge in [0, 0.05) is 58.4 Å². The maximum atomic E-state index is 14.7. The maximum Gasteiger partial charge on any atom is 0.209 e. The van der Waals surface area contributed by atoms with Crippen LogP contribution >= 0.6 is 0 Å². The first kappa shape index (κ1) is 36.0. The molecule has 2 unspecified atom stereocenters. The Morgan fingerprint density at radius 1 is 0.518 bits per heavy atom. The Morgan fingerprint density at radius 2 is 0.839 bits per heavy atom. The second-order valence-electron chi connectivity index (χ2n) is 17.0. The first-order valence-electron chi connectivity index (χ1n) is 20.3. The van der Waals surface area contributed by atoms with E-state index in [4.69, 9.17) is 0 Å². The SMILES string of the molecule is CCCC[N+]1=C(C2C(=O)C(c3c4ccccc4c(C4=C([O-])C(C5=[N+](CCCC)c6ccccc6C5(C)C)C4=O)c4ccccc34)=C2[O-])C(C)(C)c2ccccc21. The summed E-state index contributed by atoms with van der Waals surface area (Å²) in [5.74, 6) is -2.46. The van der Waals surface area contributed by atoms with E-state index in [-0.39, 0.29) is 34.2 Å². The van der Waals surface area contributed by atoms with E-state index >= 15 is 0 Å². The highest BCUT2D eigenvalue weighted by Gasteiger charge is 2.56. The van der Waals surface area contributed by atoms with Gasteiger partial charge in [-0.3, -0.25) is 9.59 Å². The van der Waals surface area contributed by atoms with Gasteiger partial charge in [0.1, 0.15) is 24.9 Å². The lowest BCUT2D eigenvalue weighted by molar-refractivity contribution is -0.443. The number of benzene rings is 5. The minimum absolute atomic E-state index is 0.175. The highest BCUT2D eigenvalue weighted by atomic mass is 16.3. The predicted molar refractivity (Wildman–Crippen MR) is 221 cm³/mol. The number of hydrogen-bond donors (Lipinski definition) is 0. The van der Waals surface area contributed by atoms with Gasteiger partial charge in [0.2, 0.25) is 11.4 Å². The molecule has 0 saturated heterocycles. The number of ketones is 2. The lowest BCUT2D eigenvalue weighted by Crippen LogP contribution is -2.49. The molecule has 5 aromatic carbocycles. The number of hydrogen-bond acceptors (Lipinski definition) is 4. The van der Waals surface area contributed by atoms with Crippen molar-refractivity contribution >= 4 is 67.1 Å². The summed E-state index contributed by atoms with van der Waals surface area (Å²) in [6.45, 7) is 14.3. The first-order chi connectivity index (χ1) is 27.0. The number of Topliss-reactive ketones (excluding diaryl/α,β-unsaturated/α-hetero) is 2. The molecule has 4 aliphatic rings. The number of para-hydroxylation sites is 2. The van der Waals surface area contributed by atoms with Crippen molar-refractivity contribution in [3.63, 3.8) is 0 Å². The highest BCUT2D eigenvalue weighted by molar-refractivity contribution is 6.44. The summed E-state index contributed by atoms with van der Waals surface area (Å²) < 4.78 is 4.45. The second-order valence-corrected chi connectivity index (χ2v) is 17.0. The van der Waals surface area contributed by atoms with E-state index in [1.165, 1.54) is 0 Å². The van der Waals surface area contributed by atoms with Gasteiger partial charge in [0.25, 0.3) is 0 Å². The molecule has 0 N–H and O–H groups in total. The smallest absolute Gasteiger partial charge is 0.209 e. The quantitative estimate of drug-likeness (QED) is 0.107. The monoisotopic (exact) mass is 740 g/mol. The van der Waals surface area contributed by atoms with Crippen LogP contribution in [0.25, 0.3) is 32.7 Å². The molecular formula is C50H48N2O4. The Balaban J connectivity index is 1.22. The summed E-state index contributed by atoms with van der Waals surface area (Å²) in [5.41, 5.74) is 6.66. The van der Waals surface area contributed by atoms with Crippen LogP contribution < -0.4 is 10.2 Å². The van der Waals surface area contributed by atoms with Crippen molar-refractivity contribution in [3.05, 3.63) is 131 Å². The summed E-state index contributed by atoms with van der Waals surface area (Å²) in [5, 5.41) is 32.2. The fourth-order valence-corrected chi connectivity index (χ4v) is 10.4. The average molecular weight is 741 g/mol. The van der Waals surface area contributed by atoms with Crippen LogP contribution in [0.15, 0.2) is 109 Å². The van der Waals surface area contributed by atoms with Gasteiger partial charge in [-0.2, -0.15) is 9.15 Å². The van der Waals surface area contributed by atoms with E-state index in [1.54, 1.807) is 0 Å². The molecule has 2 heterocycles. The van der Waals surface area contributed by atoms with Gasteiger partial charge in [0.05, 0.1) is 10.8 Å². The second kappa shape index (κ2) is 13.0. The molecule has 0 spiro atoms. The first-order valence-corrected chi connectivity index (χ1v) is 20.3. The zero-order chi connectivity index (χ0) is 39.3. The van der Waals surface area contributed by atoms with E-state index in [9.17, 15) is 19.8 Å². The number of allylic oxidation sites excluding steroid dienone is 4. The minimum Gasteiger partial charge on any atom is -0.874 e. The predicted octanol–water partition coefficient (Wildman–Crippen LogP) is 8.29. The molecule has 0 radical (unpaired) electrons. The van der Waals surface area contributed by atoms with E-state index < -0.39 is 22.7 Å². The molecule has 0 saturated carbocycles. The molecule has 2 aliphatic carbocycles. The van der Waals surface area contributed by atoms with Gasteiger partial charge in [-0.15, -0.1) is 0 Å². The summed E-state index contributed by atoms with van der Waals surface area (Å²) in [4.78, 5) is 29.4. The zero-order valence-corrected chi connectivity index (χ0v) is 33.2. The van der Waals surface area contributed by atoms with Crippen LogP contribution in [-0.2, 0) is 20.4 Å². The van der Waals surface area contributed by atoms with E-state index in [0.717, 1.165) is 72.7 Å². The molecule has 6 nitrogen and oxygen atoms in total.